The van der Waals surface area contributed by atoms with Crippen LogP contribution in [0.15, 0.2) is 29.4 Å². The Bertz CT molecular complexity index is 533. The predicted molar refractivity (Wildman–Crippen MR) is 76.6 cm³/mol. The molecule has 0 bridgehead atoms. The SMILES string of the molecule is CCCN(CC(N)=NO)C(=O)C1COc2ccccc2O1. The number of rotatable bonds is 5. The summed E-state index contributed by atoms with van der Waals surface area (Å²) in [5.41, 5.74) is 5.48. The molecule has 0 saturated carbocycles. The highest BCUT2D eigenvalue weighted by Gasteiger charge is 2.31. The van der Waals surface area contributed by atoms with E-state index in [1.54, 1.807) is 12.1 Å². The van der Waals surface area contributed by atoms with Crippen molar-refractivity contribution in [3.05, 3.63) is 24.3 Å². The van der Waals surface area contributed by atoms with Gasteiger partial charge in [0.25, 0.3) is 5.91 Å². The largest absolute Gasteiger partial charge is 0.485 e. The molecule has 1 atom stereocenters. The summed E-state index contributed by atoms with van der Waals surface area (Å²) in [7, 11) is 0. The van der Waals surface area contributed by atoms with Crippen LogP contribution in [0.5, 0.6) is 11.5 Å². The van der Waals surface area contributed by atoms with Gasteiger partial charge in [-0.1, -0.05) is 24.2 Å². The van der Waals surface area contributed by atoms with Crippen LogP contribution < -0.4 is 15.2 Å². The molecule has 21 heavy (non-hydrogen) atoms. The zero-order valence-electron chi connectivity index (χ0n) is 11.9. The summed E-state index contributed by atoms with van der Waals surface area (Å²) in [6.45, 7) is 2.65. The monoisotopic (exact) mass is 293 g/mol. The maximum atomic E-state index is 12.5. The van der Waals surface area contributed by atoms with Gasteiger partial charge in [-0.25, -0.2) is 0 Å². The molecule has 114 valence electrons. The number of carbonyl (C=O) groups excluding carboxylic acids is 1. The first-order chi connectivity index (χ1) is 10.2. The number of amidine groups is 1. The lowest BCUT2D eigenvalue weighted by molar-refractivity contribution is -0.140. The molecular formula is C14H19N3O4. The number of fused-ring (bicyclic) bond motifs is 1. The first kappa shape index (κ1) is 15.0. The fraction of sp³-hybridized carbons (Fsp3) is 0.429. The number of benzene rings is 1. The molecule has 0 radical (unpaired) electrons. The first-order valence-corrected chi connectivity index (χ1v) is 6.79. The minimum atomic E-state index is -0.724. The van der Waals surface area contributed by atoms with Gasteiger partial charge in [0.2, 0.25) is 6.10 Å². The van der Waals surface area contributed by atoms with E-state index in [4.69, 9.17) is 20.4 Å². The second-order valence-corrected chi connectivity index (χ2v) is 4.72. The summed E-state index contributed by atoms with van der Waals surface area (Å²) in [6.07, 6.45) is 0.0344. The summed E-state index contributed by atoms with van der Waals surface area (Å²) in [4.78, 5) is 14.0. The summed E-state index contributed by atoms with van der Waals surface area (Å²) in [5.74, 6) is 0.911. The smallest absolute Gasteiger partial charge is 0.267 e. The van der Waals surface area contributed by atoms with E-state index in [9.17, 15) is 4.79 Å². The van der Waals surface area contributed by atoms with Gasteiger partial charge >= 0.3 is 0 Å². The Labute approximate surface area is 122 Å². The third-order valence-corrected chi connectivity index (χ3v) is 3.07. The summed E-state index contributed by atoms with van der Waals surface area (Å²) in [5, 5.41) is 11.5. The standard InChI is InChI=1S/C14H19N3O4/c1-2-7-17(8-13(15)16-19)14(18)12-9-20-10-5-3-4-6-11(10)21-12/h3-6,12,19H,2,7-9H2,1H3,(H2,15,16). The van der Waals surface area contributed by atoms with Gasteiger partial charge in [-0.2, -0.15) is 0 Å². The Balaban J connectivity index is 2.08. The number of ether oxygens (including phenoxy) is 2. The Morgan fingerprint density at radius 3 is 2.86 bits per heavy atom. The molecule has 1 aromatic carbocycles. The van der Waals surface area contributed by atoms with Gasteiger partial charge in [-0.3, -0.25) is 4.79 Å². The number of hydrogen-bond donors (Lipinski definition) is 2. The van der Waals surface area contributed by atoms with E-state index in [1.807, 2.05) is 19.1 Å². The van der Waals surface area contributed by atoms with Gasteiger partial charge in [0.1, 0.15) is 6.61 Å². The predicted octanol–water partition coefficient (Wildman–Crippen LogP) is 0.811. The fourth-order valence-corrected chi connectivity index (χ4v) is 2.11. The van der Waals surface area contributed by atoms with Crippen LogP contribution in [0, 0.1) is 0 Å². The lowest BCUT2D eigenvalue weighted by atomic mass is 10.2. The summed E-state index contributed by atoms with van der Waals surface area (Å²) >= 11 is 0. The van der Waals surface area contributed by atoms with Gasteiger partial charge in [0.05, 0.1) is 6.54 Å². The molecule has 0 saturated heterocycles. The van der Waals surface area contributed by atoms with E-state index in [2.05, 4.69) is 5.16 Å². The number of oxime groups is 1. The van der Waals surface area contributed by atoms with Gasteiger partial charge in [-0.15, -0.1) is 0 Å². The fourth-order valence-electron chi connectivity index (χ4n) is 2.11. The van der Waals surface area contributed by atoms with Crippen LogP contribution in [0.25, 0.3) is 0 Å². The van der Waals surface area contributed by atoms with E-state index >= 15 is 0 Å². The lowest BCUT2D eigenvalue weighted by Gasteiger charge is -2.30. The molecule has 1 aliphatic heterocycles. The van der Waals surface area contributed by atoms with Crippen LogP contribution in [0.1, 0.15) is 13.3 Å². The van der Waals surface area contributed by atoms with Crippen molar-refractivity contribution in [2.45, 2.75) is 19.4 Å². The van der Waals surface area contributed by atoms with Gasteiger partial charge in [-0.05, 0) is 18.6 Å². The Hall–Kier alpha value is -2.44. The van der Waals surface area contributed by atoms with Crippen molar-refractivity contribution in [3.8, 4) is 11.5 Å². The van der Waals surface area contributed by atoms with Crippen LogP contribution >= 0.6 is 0 Å². The average molecular weight is 293 g/mol. The van der Waals surface area contributed by atoms with Crippen LogP contribution in [0.4, 0.5) is 0 Å². The first-order valence-electron chi connectivity index (χ1n) is 6.79. The van der Waals surface area contributed by atoms with Crippen molar-refractivity contribution >= 4 is 11.7 Å². The molecule has 1 amide bonds. The molecular weight excluding hydrogens is 274 g/mol. The molecule has 3 N–H and O–H groups in total. The molecule has 1 aliphatic rings. The number of carbonyl (C=O) groups is 1. The van der Waals surface area contributed by atoms with Crippen molar-refractivity contribution in [3.63, 3.8) is 0 Å². The second kappa shape index (κ2) is 6.83. The van der Waals surface area contributed by atoms with E-state index in [-0.39, 0.29) is 24.9 Å². The molecule has 7 heteroatoms. The van der Waals surface area contributed by atoms with E-state index in [0.29, 0.717) is 18.0 Å². The molecule has 0 fully saturated rings. The van der Waals surface area contributed by atoms with Crippen molar-refractivity contribution in [1.82, 2.24) is 4.90 Å². The number of amides is 1. The Morgan fingerprint density at radius 1 is 1.48 bits per heavy atom. The normalized spacial score (nSPS) is 17.4. The number of hydrogen-bond acceptors (Lipinski definition) is 5. The van der Waals surface area contributed by atoms with Crippen molar-refractivity contribution in [2.75, 3.05) is 19.7 Å². The zero-order chi connectivity index (χ0) is 15.2. The highest BCUT2D eigenvalue weighted by atomic mass is 16.6. The number of para-hydroxylation sites is 2. The maximum absolute atomic E-state index is 12.5. The van der Waals surface area contributed by atoms with Crippen LogP contribution in [-0.4, -0.2) is 47.7 Å². The highest BCUT2D eigenvalue weighted by molar-refractivity contribution is 5.89. The topological polar surface area (TPSA) is 97.4 Å². The molecule has 0 aliphatic carbocycles. The minimum absolute atomic E-state index is 0.0195. The molecule has 1 unspecified atom stereocenters. The Morgan fingerprint density at radius 2 is 2.19 bits per heavy atom. The van der Waals surface area contributed by atoms with Crippen molar-refractivity contribution < 1.29 is 19.5 Å². The third-order valence-electron chi connectivity index (χ3n) is 3.07. The number of nitrogens with zero attached hydrogens (tertiary/aromatic N) is 2. The summed E-state index contributed by atoms with van der Waals surface area (Å²) in [6, 6.07) is 7.19. The number of nitrogens with two attached hydrogens (primary N) is 1. The minimum Gasteiger partial charge on any atom is -0.485 e. The molecule has 1 heterocycles. The van der Waals surface area contributed by atoms with Gasteiger partial charge < -0.3 is 25.3 Å². The van der Waals surface area contributed by atoms with Crippen molar-refractivity contribution in [2.24, 2.45) is 10.9 Å². The maximum Gasteiger partial charge on any atom is 0.267 e. The molecule has 0 aromatic heterocycles. The van der Waals surface area contributed by atoms with Gasteiger partial charge in [0, 0.05) is 6.54 Å². The average Bonchev–Trinajstić information content (AvgIpc) is 2.53. The van der Waals surface area contributed by atoms with Gasteiger partial charge in [0.15, 0.2) is 17.3 Å². The lowest BCUT2D eigenvalue weighted by Crippen LogP contribution is -2.49. The van der Waals surface area contributed by atoms with E-state index < -0.39 is 6.10 Å². The highest BCUT2D eigenvalue weighted by Crippen LogP contribution is 2.31. The van der Waals surface area contributed by atoms with Crippen molar-refractivity contribution in [1.29, 1.82) is 0 Å². The zero-order valence-corrected chi connectivity index (χ0v) is 11.9. The second-order valence-electron chi connectivity index (χ2n) is 4.72. The van der Waals surface area contributed by atoms with E-state index in [1.165, 1.54) is 4.90 Å². The van der Waals surface area contributed by atoms with Crippen LogP contribution in [0.3, 0.4) is 0 Å². The molecule has 7 nitrogen and oxygen atoms in total. The Kier molecular flexibility index (Phi) is 4.86. The van der Waals surface area contributed by atoms with Crippen LogP contribution in [0.2, 0.25) is 0 Å². The third kappa shape index (κ3) is 3.56. The molecule has 1 aromatic rings. The van der Waals surface area contributed by atoms with Crippen LogP contribution in [-0.2, 0) is 4.79 Å². The van der Waals surface area contributed by atoms with E-state index in [0.717, 1.165) is 6.42 Å². The summed E-state index contributed by atoms with van der Waals surface area (Å²) < 4.78 is 11.2. The quantitative estimate of drug-likeness (QED) is 0.362. The molecule has 0 spiro atoms. The molecule has 2 rings (SSSR count).